The van der Waals surface area contributed by atoms with Gasteiger partial charge in [-0.1, -0.05) is 102 Å². The second kappa shape index (κ2) is 16.8. The van der Waals surface area contributed by atoms with Gasteiger partial charge in [-0.25, -0.2) is 0 Å². The third-order valence-corrected chi connectivity index (χ3v) is 8.03. The summed E-state index contributed by atoms with van der Waals surface area (Å²) in [5.41, 5.74) is 4.55. The van der Waals surface area contributed by atoms with E-state index in [2.05, 4.69) is 45.1 Å². The van der Waals surface area contributed by atoms with Crippen molar-refractivity contribution >= 4 is 23.5 Å². The quantitative estimate of drug-likeness (QED) is 0.0973. The molecule has 1 N–H and O–H groups in total. The number of benzene rings is 3. The van der Waals surface area contributed by atoms with E-state index in [1.54, 1.807) is 0 Å². The lowest BCUT2D eigenvalue weighted by atomic mass is 9.84. The van der Waals surface area contributed by atoms with E-state index in [0.717, 1.165) is 65.1 Å². The number of amides is 1. The SMILES string of the molecule is CCCCCC(CC(=O)Nc1cc(CCCOC(=O)CC(=O)OCc2ccccc2)ccc1C(C)(C)C)c1cccc2c1OCO2. The van der Waals surface area contributed by atoms with E-state index < -0.39 is 18.4 Å². The maximum atomic E-state index is 13.6. The minimum absolute atomic E-state index is 0.00905. The van der Waals surface area contributed by atoms with Gasteiger partial charge in [0.25, 0.3) is 0 Å². The molecule has 1 aliphatic rings. The van der Waals surface area contributed by atoms with E-state index in [-0.39, 0.29) is 37.2 Å². The third kappa shape index (κ3) is 10.4. The lowest BCUT2D eigenvalue weighted by Crippen LogP contribution is -2.21. The van der Waals surface area contributed by atoms with Gasteiger partial charge in [0, 0.05) is 17.7 Å². The minimum Gasteiger partial charge on any atom is -0.465 e. The highest BCUT2D eigenvalue weighted by Crippen LogP contribution is 2.42. The highest BCUT2D eigenvalue weighted by atomic mass is 16.7. The Balaban J connectivity index is 1.33. The van der Waals surface area contributed by atoms with Crippen LogP contribution in [0, 0.1) is 0 Å². The number of ether oxygens (including phenoxy) is 4. The molecule has 0 spiro atoms. The van der Waals surface area contributed by atoms with Crippen LogP contribution in [0.25, 0.3) is 0 Å². The molecule has 0 saturated heterocycles. The van der Waals surface area contributed by atoms with E-state index in [4.69, 9.17) is 18.9 Å². The van der Waals surface area contributed by atoms with E-state index in [9.17, 15) is 14.4 Å². The first-order valence-corrected chi connectivity index (χ1v) is 16.3. The Morgan fingerprint density at radius 2 is 1.65 bits per heavy atom. The number of anilines is 1. The predicted octanol–water partition coefficient (Wildman–Crippen LogP) is 8.01. The molecule has 0 aliphatic carbocycles. The molecule has 46 heavy (non-hydrogen) atoms. The Labute approximate surface area is 272 Å². The molecule has 3 aromatic rings. The largest absolute Gasteiger partial charge is 0.465 e. The summed E-state index contributed by atoms with van der Waals surface area (Å²) in [5.74, 6) is 0.220. The van der Waals surface area contributed by atoms with Crippen LogP contribution >= 0.6 is 0 Å². The highest BCUT2D eigenvalue weighted by Gasteiger charge is 2.26. The van der Waals surface area contributed by atoms with Crippen LogP contribution in [0.1, 0.15) is 101 Å². The van der Waals surface area contributed by atoms with Crippen molar-refractivity contribution in [2.45, 2.75) is 97.0 Å². The van der Waals surface area contributed by atoms with Crippen molar-refractivity contribution in [2.75, 3.05) is 18.7 Å². The van der Waals surface area contributed by atoms with Gasteiger partial charge < -0.3 is 24.3 Å². The highest BCUT2D eigenvalue weighted by molar-refractivity contribution is 5.92. The molecule has 0 aromatic heterocycles. The van der Waals surface area contributed by atoms with Gasteiger partial charge >= 0.3 is 11.9 Å². The van der Waals surface area contributed by atoms with Gasteiger partial charge in [-0.3, -0.25) is 14.4 Å². The third-order valence-electron chi connectivity index (χ3n) is 8.03. The van der Waals surface area contributed by atoms with E-state index in [0.29, 0.717) is 19.3 Å². The standard InChI is InChI=1S/C38H47NO7/c1-5-6-8-16-29(30-17-11-18-33-37(30)46-26-45-33)23-34(40)39-32-22-27(19-20-31(32)38(2,3)4)15-12-21-43-35(41)24-36(42)44-25-28-13-9-7-10-14-28/h7,9-11,13-14,17-20,22,29H,5-6,8,12,15-16,21,23-26H2,1-4H3,(H,39,40). The van der Waals surface area contributed by atoms with Crippen molar-refractivity contribution in [3.63, 3.8) is 0 Å². The molecule has 4 rings (SSSR count). The summed E-state index contributed by atoms with van der Waals surface area (Å²) in [7, 11) is 0. The van der Waals surface area contributed by atoms with Crippen LogP contribution in [0.5, 0.6) is 11.5 Å². The number of unbranched alkanes of at least 4 members (excludes halogenated alkanes) is 2. The summed E-state index contributed by atoms with van der Waals surface area (Å²) < 4.78 is 21.9. The Bertz CT molecular complexity index is 1460. The zero-order valence-corrected chi connectivity index (χ0v) is 27.6. The minimum atomic E-state index is -0.614. The first-order valence-electron chi connectivity index (χ1n) is 16.3. The maximum absolute atomic E-state index is 13.6. The number of hydrogen-bond donors (Lipinski definition) is 1. The average Bonchev–Trinajstić information content (AvgIpc) is 3.51. The summed E-state index contributed by atoms with van der Waals surface area (Å²) in [4.78, 5) is 37.8. The molecule has 1 aliphatic heterocycles. The van der Waals surface area contributed by atoms with Gasteiger partial charge in [-0.15, -0.1) is 0 Å². The summed E-state index contributed by atoms with van der Waals surface area (Å²) in [6.45, 7) is 9.05. The maximum Gasteiger partial charge on any atom is 0.317 e. The number of nitrogens with one attached hydrogen (secondary N) is 1. The molecule has 8 nitrogen and oxygen atoms in total. The average molecular weight is 630 g/mol. The number of fused-ring (bicyclic) bond motifs is 1. The van der Waals surface area contributed by atoms with Crippen LogP contribution in [-0.4, -0.2) is 31.2 Å². The van der Waals surface area contributed by atoms with Gasteiger partial charge in [0.1, 0.15) is 13.0 Å². The van der Waals surface area contributed by atoms with E-state index in [1.165, 1.54) is 0 Å². The lowest BCUT2D eigenvalue weighted by Gasteiger charge is -2.25. The van der Waals surface area contributed by atoms with Crippen molar-refractivity contribution in [3.8, 4) is 11.5 Å². The van der Waals surface area contributed by atoms with Gasteiger partial charge in [0.05, 0.1) is 6.61 Å². The summed E-state index contributed by atoms with van der Waals surface area (Å²) in [6.07, 6.45) is 5.26. The topological polar surface area (TPSA) is 100 Å². The van der Waals surface area contributed by atoms with Gasteiger partial charge in [0.15, 0.2) is 11.5 Å². The van der Waals surface area contributed by atoms with E-state index in [1.807, 2.05) is 54.6 Å². The summed E-state index contributed by atoms with van der Waals surface area (Å²) >= 11 is 0. The van der Waals surface area contributed by atoms with Crippen LogP contribution in [-0.2, 0) is 42.3 Å². The van der Waals surface area contributed by atoms with E-state index >= 15 is 0 Å². The fourth-order valence-electron chi connectivity index (χ4n) is 5.63. The molecule has 0 fully saturated rings. The molecule has 246 valence electrons. The number of carbonyl (C=O) groups is 3. The van der Waals surface area contributed by atoms with Crippen LogP contribution < -0.4 is 14.8 Å². The smallest absolute Gasteiger partial charge is 0.317 e. The molecule has 1 amide bonds. The molecular formula is C38H47NO7. The molecule has 0 radical (unpaired) electrons. The van der Waals surface area contributed by atoms with Crippen LogP contribution in [0.2, 0.25) is 0 Å². The first-order chi connectivity index (χ1) is 22.1. The normalized spacial score (nSPS) is 12.8. The number of esters is 2. The predicted molar refractivity (Wildman–Crippen MR) is 178 cm³/mol. The van der Waals surface area contributed by atoms with Gasteiger partial charge in [-0.2, -0.15) is 0 Å². The number of aryl methyl sites for hydroxylation is 1. The molecule has 0 bridgehead atoms. The van der Waals surface area contributed by atoms with Crippen LogP contribution in [0.3, 0.4) is 0 Å². The Kier molecular flexibility index (Phi) is 12.6. The second-order valence-corrected chi connectivity index (χ2v) is 12.8. The van der Waals surface area contributed by atoms with Crippen molar-refractivity contribution in [1.82, 2.24) is 0 Å². The summed E-state index contributed by atoms with van der Waals surface area (Å²) in [6, 6.07) is 21.3. The Morgan fingerprint density at radius 1 is 0.870 bits per heavy atom. The zero-order chi connectivity index (χ0) is 32.9. The van der Waals surface area contributed by atoms with Crippen LogP contribution in [0.15, 0.2) is 66.7 Å². The summed E-state index contributed by atoms with van der Waals surface area (Å²) in [5, 5.41) is 3.22. The molecule has 0 saturated carbocycles. The van der Waals surface area contributed by atoms with Gasteiger partial charge in [-0.05, 0) is 59.4 Å². The van der Waals surface area contributed by atoms with Crippen molar-refractivity contribution < 1.29 is 33.3 Å². The molecule has 3 aromatic carbocycles. The van der Waals surface area contributed by atoms with Crippen LogP contribution in [0.4, 0.5) is 5.69 Å². The fourth-order valence-corrected chi connectivity index (χ4v) is 5.63. The molecular weight excluding hydrogens is 582 g/mol. The Hall–Kier alpha value is -4.33. The number of para-hydroxylation sites is 1. The molecule has 1 unspecified atom stereocenters. The molecule has 8 heteroatoms. The van der Waals surface area contributed by atoms with Crippen molar-refractivity contribution in [2.24, 2.45) is 0 Å². The zero-order valence-electron chi connectivity index (χ0n) is 27.6. The Morgan fingerprint density at radius 3 is 2.41 bits per heavy atom. The molecule has 1 heterocycles. The first kappa shape index (κ1) is 34.5. The fraction of sp³-hybridized carbons (Fsp3) is 0.447. The monoisotopic (exact) mass is 629 g/mol. The number of carbonyl (C=O) groups excluding carboxylic acids is 3. The number of rotatable bonds is 16. The second-order valence-electron chi connectivity index (χ2n) is 12.8. The van der Waals surface area contributed by atoms with Crippen molar-refractivity contribution in [3.05, 3.63) is 89.0 Å². The van der Waals surface area contributed by atoms with Gasteiger partial charge in [0.2, 0.25) is 12.7 Å². The lowest BCUT2D eigenvalue weighted by molar-refractivity contribution is -0.155. The van der Waals surface area contributed by atoms with Crippen molar-refractivity contribution in [1.29, 1.82) is 0 Å². The number of hydrogen-bond acceptors (Lipinski definition) is 7. The molecule has 1 atom stereocenters.